The van der Waals surface area contributed by atoms with Gasteiger partial charge >= 0.3 is 0 Å². The predicted molar refractivity (Wildman–Crippen MR) is 75.4 cm³/mol. The summed E-state index contributed by atoms with van der Waals surface area (Å²) in [4.78, 5) is 0. The molecular weight excluding hydrogens is 285 g/mol. The highest BCUT2D eigenvalue weighted by molar-refractivity contribution is 6.35. The standard InChI is InChI=1S/C13H15Cl2N3O/c1-2-5-18-12(8-16-17-18)13(19)6-9-3-4-10(14)7-11(9)15/h3-4,7-8,13,19H,2,5-6H2,1H3. The molecule has 0 aliphatic carbocycles. The average molecular weight is 300 g/mol. The van der Waals surface area contributed by atoms with Crippen LogP contribution in [0, 0.1) is 0 Å². The fourth-order valence-electron chi connectivity index (χ4n) is 1.91. The second kappa shape index (κ2) is 6.37. The summed E-state index contributed by atoms with van der Waals surface area (Å²) in [5.41, 5.74) is 1.55. The van der Waals surface area contributed by atoms with Crippen molar-refractivity contribution in [1.82, 2.24) is 15.0 Å². The van der Waals surface area contributed by atoms with E-state index in [-0.39, 0.29) is 0 Å². The van der Waals surface area contributed by atoms with Crippen molar-refractivity contribution in [2.75, 3.05) is 0 Å². The van der Waals surface area contributed by atoms with E-state index in [1.54, 1.807) is 23.0 Å². The minimum atomic E-state index is -0.680. The number of hydrogen-bond acceptors (Lipinski definition) is 3. The van der Waals surface area contributed by atoms with Crippen LogP contribution in [0.3, 0.4) is 0 Å². The van der Waals surface area contributed by atoms with Crippen molar-refractivity contribution in [2.45, 2.75) is 32.4 Å². The van der Waals surface area contributed by atoms with E-state index in [1.165, 1.54) is 0 Å². The molecule has 1 unspecified atom stereocenters. The summed E-state index contributed by atoms with van der Waals surface area (Å²) in [6.07, 6.45) is 2.25. The van der Waals surface area contributed by atoms with Crippen LogP contribution in [-0.2, 0) is 13.0 Å². The lowest BCUT2D eigenvalue weighted by atomic mass is 10.1. The predicted octanol–water partition coefficient (Wildman–Crippen LogP) is 3.27. The van der Waals surface area contributed by atoms with E-state index in [1.807, 2.05) is 13.0 Å². The molecule has 0 spiro atoms. The van der Waals surface area contributed by atoms with Crippen LogP contribution in [0.5, 0.6) is 0 Å². The van der Waals surface area contributed by atoms with E-state index >= 15 is 0 Å². The Bertz CT molecular complexity index is 557. The van der Waals surface area contributed by atoms with Crippen LogP contribution in [0.25, 0.3) is 0 Å². The van der Waals surface area contributed by atoms with E-state index in [0.717, 1.165) is 18.5 Å². The maximum absolute atomic E-state index is 10.3. The third kappa shape index (κ3) is 3.47. The lowest BCUT2D eigenvalue weighted by Crippen LogP contribution is -2.11. The highest BCUT2D eigenvalue weighted by Gasteiger charge is 2.16. The lowest BCUT2D eigenvalue weighted by Gasteiger charge is -2.13. The summed E-state index contributed by atoms with van der Waals surface area (Å²) in [6.45, 7) is 2.79. The Morgan fingerprint density at radius 1 is 1.37 bits per heavy atom. The average Bonchev–Trinajstić information content (AvgIpc) is 2.81. The molecule has 102 valence electrons. The second-order valence-corrected chi connectivity index (χ2v) is 5.18. The first-order valence-corrected chi connectivity index (χ1v) is 6.87. The van der Waals surface area contributed by atoms with Gasteiger partial charge in [0.05, 0.1) is 11.9 Å². The first kappa shape index (κ1) is 14.3. The van der Waals surface area contributed by atoms with Gasteiger partial charge in [-0.2, -0.15) is 0 Å². The summed E-state index contributed by atoms with van der Waals surface area (Å²) in [5, 5.41) is 19.2. The zero-order chi connectivity index (χ0) is 13.8. The molecule has 0 fully saturated rings. The molecule has 0 saturated carbocycles. The summed E-state index contributed by atoms with van der Waals surface area (Å²) < 4.78 is 1.72. The number of hydrogen-bond donors (Lipinski definition) is 1. The zero-order valence-corrected chi connectivity index (χ0v) is 12.1. The van der Waals surface area contributed by atoms with Gasteiger partial charge in [0.25, 0.3) is 0 Å². The van der Waals surface area contributed by atoms with Crippen LogP contribution in [0.2, 0.25) is 10.0 Å². The minimum Gasteiger partial charge on any atom is -0.386 e. The van der Waals surface area contributed by atoms with Gasteiger partial charge in [0.1, 0.15) is 6.10 Å². The van der Waals surface area contributed by atoms with Gasteiger partial charge in [-0.1, -0.05) is 41.4 Å². The van der Waals surface area contributed by atoms with Crippen molar-refractivity contribution in [3.8, 4) is 0 Å². The van der Waals surface area contributed by atoms with E-state index < -0.39 is 6.10 Å². The van der Waals surface area contributed by atoms with Gasteiger partial charge in [0.2, 0.25) is 0 Å². The first-order valence-electron chi connectivity index (χ1n) is 6.12. The summed E-state index contributed by atoms with van der Waals surface area (Å²) in [7, 11) is 0. The van der Waals surface area contributed by atoms with Crippen molar-refractivity contribution in [1.29, 1.82) is 0 Å². The molecule has 0 saturated heterocycles. The molecule has 4 nitrogen and oxygen atoms in total. The molecule has 19 heavy (non-hydrogen) atoms. The minimum absolute atomic E-state index is 0.410. The number of aliphatic hydroxyl groups excluding tert-OH is 1. The number of aryl methyl sites for hydroxylation is 1. The normalized spacial score (nSPS) is 12.6. The van der Waals surface area contributed by atoms with E-state index in [9.17, 15) is 5.11 Å². The summed E-state index contributed by atoms with van der Waals surface area (Å²) in [5.74, 6) is 0. The van der Waals surface area contributed by atoms with Gasteiger partial charge in [-0.15, -0.1) is 5.10 Å². The first-order chi connectivity index (χ1) is 9.11. The third-order valence-corrected chi connectivity index (χ3v) is 3.44. The second-order valence-electron chi connectivity index (χ2n) is 4.34. The van der Waals surface area contributed by atoms with Gasteiger partial charge in [0, 0.05) is 23.0 Å². The zero-order valence-electron chi connectivity index (χ0n) is 10.6. The van der Waals surface area contributed by atoms with Crippen molar-refractivity contribution in [3.63, 3.8) is 0 Å². The van der Waals surface area contributed by atoms with Crippen molar-refractivity contribution >= 4 is 23.2 Å². The SMILES string of the molecule is CCCn1nncc1C(O)Cc1ccc(Cl)cc1Cl. The van der Waals surface area contributed by atoms with Crippen molar-refractivity contribution < 1.29 is 5.11 Å². The van der Waals surface area contributed by atoms with Gasteiger partial charge in [-0.05, 0) is 24.1 Å². The molecule has 1 heterocycles. The Morgan fingerprint density at radius 3 is 2.84 bits per heavy atom. The molecule has 0 aliphatic rings. The van der Waals surface area contributed by atoms with Gasteiger partial charge < -0.3 is 5.11 Å². The molecule has 0 amide bonds. The lowest BCUT2D eigenvalue weighted by molar-refractivity contribution is 0.166. The number of halogens is 2. The topological polar surface area (TPSA) is 50.9 Å². The number of rotatable bonds is 5. The van der Waals surface area contributed by atoms with Gasteiger partial charge in [-0.25, -0.2) is 4.68 Å². The molecule has 1 aromatic heterocycles. The maximum Gasteiger partial charge on any atom is 0.101 e. The molecule has 2 aromatic rings. The molecular formula is C13H15Cl2N3O. The highest BCUT2D eigenvalue weighted by Crippen LogP contribution is 2.25. The van der Waals surface area contributed by atoms with Crippen LogP contribution in [0.15, 0.2) is 24.4 Å². The molecule has 1 N–H and O–H groups in total. The van der Waals surface area contributed by atoms with Crippen LogP contribution in [0.4, 0.5) is 0 Å². The Labute approximate surface area is 122 Å². The number of aromatic nitrogens is 3. The Hall–Kier alpha value is -1.10. The molecule has 0 radical (unpaired) electrons. The quantitative estimate of drug-likeness (QED) is 0.922. The van der Waals surface area contributed by atoms with Crippen molar-refractivity contribution in [2.24, 2.45) is 0 Å². The third-order valence-electron chi connectivity index (χ3n) is 2.85. The molecule has 0 bridgehead atoms. The van der Waals surface area contributed by atoms with Crippen LogP contribution in [-0.4, -0.2) is 20.1 Å². The highest BCUT2D eigenvalue weighted by atomic mass is 35.5. The molecule has 6 heteroatoms. The van der Waals surface area contributed by atoms with Crippen LogP contribution in [0.1, 0.15) is 30.7 Å². The summed E-state index contributed by atoms with van der Waals surface area (Å²) in [6, 6.07) is 5.26. The molecule has 1 aromatic carbocycles. The Balaban J connectivity index is 2.16. The van der Waals surface area contributed by atoms with Gasteiger partial charge in [-0.3, -0.25) is 0 Å². The van der Waals surface area contributed by atoms with Crippen LogP contribution < -0.4 is 0 Å². The molecule has 1 atom stereocenters. The van der Waals surface area contributed by atoms with E-state index in [4.69, 9.17) is 23.2 Å². The monoisotopic (exact) mass is 299 g/mol. The number of aliphatic hydroxyl groups is 1. The Kier molecular flexibility index (Phi) is 4.80. The maximum atomic E-state index is 10.3. The van der Waals surface area contributed by atoms with E-state index in [0.29, 0.717) is 22.2 Å². The Morgan fingerprint density at radius 2 is 2.16 bits per heavy atom. The number of nitrogens with zero attached hydrogens (tertiary/aromatic N) is 3. The smallest absolute Gasteiger partial charge is 0.101 e. The van der Waals surface area contributed by atoms with Gasteiger partial charge in [0.15, 0.2) is 0 Å². The van der Waals surface area contributed by atoms with E-state index in [2.05, 4.69) is 10.3 Å². The fraction of sp³-hybridized carbons (Fsp3) is 0.385. The fourth-order valence-corrected chi connectivity index (χ4v) is 2.40. The largest absolute Gasteiger partial charge is 0.386 e. The van der Waals surface area contributed by atoms with Crippen molar-refractivity contribution in [3.05, 3.63) is 45.7 Å². The molecule has 0 aliphatic heterocycles. The number of benzene rings is 1. The van der Waals surface area contributed by atoms with Crippen LogP contribution >= 0.6 is 23.2 Å². The summed E-state index contributed by atoms with van der Waals surface area (Å²) >= 11 is 12.0. The molecule has 2 rings (SSSR count).